The summed E-state index contributed by atoms with van der Waals surface area (Å²) in [7, 11) is 0. The molecule has 0 radical (unpaired) electrons. The molecule has 1 aromatic heterocycles. The number of hydrogen-bond acceptors (Lipinski definition) is 5. The number of anilines is 1. The summed E-state index contributed by atoms with van der Waals surface area (Å²) in [6.45, 7) is 3.54. The molecule has 1 aromatic rings. The number of nitrogens with zero attached hydrogens (tertiary/aromatic N) is 2. The van der Waals surface area contributed by atoms with Crippen molar-refractivity contribution in [3.8, 4) is 0 Å². The Hall–Kier alpha value is -2.18. The van der Waals surface area contributed by atoms with Crippen LogP contribution in [-0.2, 0) is 4.79 Å². The van der Waals surface area contributed by atoms with E-state index in [1.54, 1.807) is 13.8 Å². The Morgan fingerprint density at radius 2 is 2.18 bits per heavy atom. The van der Waals surface area contributed by atoms with Crippen LogP contribution in [0.3, 0.4) is 0 Å². The van der Waals surface area contributed by atoms with Crippen LogP contribution >= 0.6 is 0 Å². The fraction of sp³-hybridized carbons (Fsp3) is 0.400. The van der Waals surface area contributed by atoms with Gasteiger partial charge in [-0.25, -0.2) is 4.79 Å². The summed E-state index contributed by atoms with van der Waals surface area (Å²) in [4.78, 5) is 24.3. The molecule has 92 valence electrons. The molecular weight excluding hydrogens is 226 g/mol. The van der Waals surface area contributed by atoms with Crippen molar-refractivity contribution in [1.29, 1.82) is 0 Å². The summed E-state index contributed by atoms with van der Waals surface area (Å²) < 4.78 is 0. The predicted molar refractivity (Wildman–Crippen MR) is 60.8 cm³/mol. The molecule has 1 atom stereocenters. The molecule has 0 amide bonds. The van der Waals surface area contributed by atoms with E-state index in [0.29, 0.717) is 5.69 Å². The minimum absolute atomic E-state index is 0.109. The van der Waals surface area contributed by atoms with Gasteiger partial charge in [-0.15, -0.1) is 0 Å². The molecule has 0 spiro atoms. The lowest BCUT2D eigenvalue weighted by Gasteiger charge is -2.18. The maximum Gasteiger partial charge on any atom is 0.363 e. The number of carboxylic acids is 1. The summed E-state index contributed by atoms with van der Waals surface area (Å²) in [5.41, 5.74) is 0.441. The lowest BCUT2D eigenvalue weighted by molar-refractivity contribution is -0.389. The van der Waals surface area contributed by atoms with Crippen LogP contribution < -0.4 is 5.32 Å². The molecule has 17 heavy (non-hydrogen) atoms. The molecular formula is C10H13N3O4. The summed E-state index contributed by atoms with van der Waals surface area (Å²) in [5, 5.41) is 22.1. The van der Waals surface area contributed by atoms with Gasteiger partial charge in [-0.05, 0) is 21.9 Å². The number of rotatable bonds is 5. The quantitative estimate of drug-likeness (QED) is 0.596. The van der Waals surface area contributed by atoms with Crippen molar-refractivity contribution in [2.45, 2.75) is 19.9 Å². The first kappa shape index (κ1) is 12.9. The highest BCUT2D eigenvalue weighted by Gasteiger charge is 2.21. The van der Waals surface area contributed by atoms with E-state index in [1.165, 1.54) is 18.3 Å². The summed E-state index contributed by atoms with van der Waals surface area (Å²) in [5.74, 6) is -1.35. The highest BCUT2D eigenvalue weighted by Crippen LogP contribution is 2.15. The highest BCUT2D eigenvalue weighted by molar-refractivity contribution is 5.77. The van der Waals surface area contributed by atoms with Crippen LogP contribution in [0, 0.1) is 16.0 Å². The Bertz CT molecular complexity index is 416. The number of hydrogen-bond donors (Lipinski definition) is 2. The van der Waals surface area contributed by atoms with Crippen LogP contribution in [0.5, 0.6) is 0 Å². The molecule has 2 N–H and O–H groups in total. The van der Waals surface area contributed by atoms with Gasteiger partial charge in [-0.2, -0.15) is 0 Å². The van der Waals surface area contributed by atoms with E-state index in [9.17, 15) is 14.9 Å². The van der Waals surface area contributed by atoms with Crippen molar-refractivity contribution in [1.82, 2.24) is 4.98 Å². The first-order chi connectivity index (χ1) is 7.91. The Labute approximate surface area is 97.6 Å². The molecule has 7 nitrogen and oxygen atoms in total. The van der Waals surface area contributed by atoms with E-state index >= 15 is 0 Å². The molecule has 0 aliphatic carbocycles. The Kier molecular flexibility index (Phi) is 3.97. The predicted octanol–water partition coefficient (Wildman–Crippen LogP) is 1.51. The third kappa shape index (κ3) is 3.40. The van der Waals surface area contributed by atoms with Gasteiger partial charge in [-0.3, -0.25) is 0 Å². The zero-order valence-electron chi connectivity index (χ0n) is 9.45. The molecule has 0 fully saturated rings. The highest BCUT2D eigenvalue weighted by atomic mass is 16.6. The third-order valence-electron chi connectivity index (χ3n) is 2.19. The molecule has 1 rings (SSSR count). The number of nitrogens with one attached hydrogen (secondary N) is 1. The number of aliphatic carboxylic acids is 1. The molecule has 7 heteroatoms. The maximum atomic E-state index is 10.9. The fourth-order valence-corrected chi connectivity index (χ4v) is 1.27. The lowest BCUT2D eigenvalue weighted by atomic mass is 10.0. The standard InChI is InChI=1S/C10H13N3O4/c1-6(2)9(10(14)15)12-7-3-4-8(11-5-7)13(16)17/h3-6,9,12H,1-2H3,(H,14,15)/t9-/m1/s1. The molecule has 0 saturated carbocycles. The topological polar surface area (TPSA) is 105 Å². The Balaban J connectivity index is 2.80. The van der Waals surface area contributed by atoms with Gasteiger partial charge in [0.25, 0.3) is 0 Å². The average molecular weight is 239 g/mol. The summed E-state index contributed by atoms with van der Waals surface area (Å²) in [6, 6.07) is 1.91. The normalized spacial score (nSPS) is 12.2. The van der Waals surface area contributed by atoms with Crippen molar-refractivity contribution < 1.29 is 14.8 Å². The van der Waals surface area contributed by atoms with Crippen molar-refractivity contribution in [3.05, 3.63) is 28.4 Å². The van der Waals surface area contributed by atoms with Gasteiger partial charge < -0.3 is 20.5 Å². The zero-order valence-corrected chi connectivity index (χ0v) is 9.45. The van der Waals surface area contributed by atoms with Gasteiger partial charge in [0, 0.05) is 6.07 Å². The van der Waals surface area contributed by atoms with Crippen LogP contribution in [0.25, 0.3) is 0 Å². The minimum atomic E-state index is -0.974. The fourth-order valence-electron chi connectivity index (χ4n) is 1.27. The number of pyridine rings is 1. The van der Waals surface area contributed by atoms with Crippen molar-refractivity contribution >= 4 is 17.5 Å². The first-order valence-electron chi connectivity index (χ1n) is 5.01. The second-order valence-electron chi connectivity index (χ2n) is 3.87. The van der Waals surface area contributed by atoms with Crippen molar-refractivity contribution in [2.24, 2.45) is 5.92 Å². The van der Waals surface area contributed by atoms with Gasteiger partial charge in [0.15, 0.2) is 6.20 Å². The second-order valence-corrected chi connectivity index (χ2v) is 3.87. The van der Waals surface area contributed by atoms with Crippen LogP contribution in [0.2, 0.25) is 0 Å². The monoisotopic (exact) mass is 239 g/mol. The maximum absolute atomic E-state index is 10.9. The van der Waals surface area contributed by atoms with Gasteiger partial charge in [0.1, 0.15) is 6.04 Å². The van der Waals surface area contributed by atoms with Gasteiger partial charge in [0.05, 0.1) is 5.69 Å². The van der Waals surface area contributed by atoms with E-state index in [0.717, 1.165) is 0 Å². The van der Waals surface area contributed by atoms with Crippen molar-refractivity contribution in [3.63, 3.8) is 0 Å². The third-order valence-corrected chi connectivity index (χ3v) is 2.19. The molecule has 0 aliphatic heterocycles. The van der Waals surface area contributed by atoms with Crippen LogP contribution in [0.4, 0.5) is 11.5 Å². The van der Waals surface area contributed by atoms with Gasteiger partial charge >= 0.3 is 11.8 Å². The number of carbonyl (C=O) groups is 1. The number of aromatic nitrogens is 1. The summed E-state index contributed by atoms with van der Waals surface area (Å²) >= 11 is 0. The van der Waals surface area contributed by atoms with Gasteiger partial charge in [-0.1, -0.05) is 13.8 Å². The number of nitro groups is 1. The molecule has 0 bridgehead atoms. The minimum Gasteiger partial charge on any atom is -0.480 e. The number of carboxylic acid groups (broad SMARTS) is 1. The van der Waals surface area contributed by atoms with E-state index < -0.39 is 16.9 Å². The molecule has 0 aromatic carbocycles. The lowest BCUT2D eigenvalue weighted by Crippen LogP contribution is -2.34. The molecule has 0 aliphatic rings. The second kappa shape index (κ2) is 5.24. The van der Waals surface area contributed by atoms with E-state index in [-0.39, 0.29) is 11.7 Å². The average Bonchev–Trinajstić information content (AvgIpc) is 2.25. The Morgan fingerprint density at radius 3 is 2.53 bits per heavy atom. The summed E-state index contributed by atoms with van der Waals surface area (Å²) in [6.07, 6.45) is 1.25. The molecule has 0 saturated heterocycles. The molecule has 0 unspecified atom stereocenters. The van der Waals surface area contributed by atoms with Crippen LogP contribution in [0.1, 0.15) is 13.8 Å². The van der Waals surface area contributed by atoms with Crippen LogP contribution in [-0.4, -0.2) is 27.0 Å². The van der Waals surface area contributed by atoms with Crippen molar-refractivity contribution in [2.75, 3.05) is 5.32 Å². The smallest absolute Gasteiger partial charge is 0.363 e. The first-order valence-corrected chi connectivity index (χ1v) is 5.01. The van der Waals surface area contributed by atoms with E-state index in [2.05, 4.69) is 10.3 Å². The zero-order chi connectivity index (χ0) is 13.0. The van der Waals surface area contributed by atoms with Crippen LogP contribution in [0.15, 0.2) is 18.3 Å². The largest absolute Gasteiger partial charge is 0.480 e. The molecule has 1 heterocycles. The SMILES string of the molecule is CC(C)[C@@H](Nc1ccc([N+](=O)[O-])nc1)C(=O)O. The Morgan fingerprint density at radius 1 is 1.53 bits per heavy atom. The van der Waals surface area contributed by atoms with E-state index in [1.807, 2.05) is 0 Å². The van der Waals surface area contributed by atoms with Gasteiger partial charge in [0.2, 0.25) is 0 Å². The van der Waals surface area contributed by atoms with E-state index in [4.69, 9.17) is 5.11 Å².